The molecule has 3 heteroatoms. The van der Waals surface area contributed by atoms with Gasteiger partial charge in [-0.2, -0.15) is 0 Å². The summed E-state index contributed by atoms with van der Waals surface area (Å²) >= 11 is 0. The number of hydrogen-bond acceptors (Lipinski definition) is 3. The molecular weight excluding hydrogens is 118 g/mol. The van der Waals surface area contributed by atoms with Crippen LogP contribution in [-0.2, 0) is 0 Å². The third-order valence-electron chi connectivity index (χ3n) is 1.82. The Hall–Kier alpha value is -0.120. The Labute approximate surface area is 54.7 Å². The van der Waals surface area contributed by atoms with Gasteiger partial charge in [-0.15, -0.1) is 0 Å². The van der Waals surface area contributed by atoms with Crippen molar-refractivity contribution in [1.82, 2.24) is 5.32 Å². The summed E-state index contributed by atoms with van der Waals surface area (Å²) < 4.78 is 0. The summed E-state index contributed by atoms with van der Waals surface area (Å²) in [5.74, 6) is 0.103. The van der Waals surface area contributed by atoms with Crippen LogP contribution in [0.4, 0.5) is 0 Å². The van der Waals surface area contributed by atoms with E-state index in [4.69, 9.17) is 10.2 Å². The van der Waals surface area contributed by atoms with Crippen molar-refractivity contribution in [2.75, 3.05) is 19.7 Å². The normalized spacial score (nSPS) is 36.7. The molecule has 0 radical (unpaired) electrons. The molecule has 2 atom stereocenters. The van der Waals surface area contributed by atoms with Crippen LogP contribution in [0.1, 0.15) is 6.42 Å². The van der Waals surface area contributed by atoms with E-state index in [1.54, 1.807) is 0 Å². The largest absolute Gasteiger partial charge is 0.396 e. The van der Waals surface area contributed by atoms with Crippen molar-refractivity contribution in [1.29, 1.82) is 0 Å². The Morgan fingerprint density at radius 1 is 1.56 bits per heavy atom. The average Bonchev–Trinajstić information content (AvgIpc) is 1.89. The first-order chi connectivity index (χ1) is 4.34. The minimum atomic E-state index is -0.344. The van der Waals surface area contributed by atoms with Gasteiger partial charge in [0, 0.05) is 19.1 Å². The van der Waals surface area contributed by atoms with Crippen molar-refractivity contribution in [3.05, 3.63) is 0 Å². The van der Waals surface area contributed by atoms with E-state index < -0.39 is 0 Å². The number of rotatable bonds is 1. The number of aliphatic hydroxyl groups is 2. The summed E-state index contributed by atoms with van der Waals surface area (Å²) in [6, 6.07) is 0. The molecule has 1 heterocycles. The Balaban J connectivity index is 2.30. The minimum Gasteiger partial charge on any atom is -0.396 e. The van der Waals surface area contributed by atoms with Crippen LogP contribution in [0.3, 0.4) is 0 Å². The van der Waals surface area contributed by atoms with E-state index in [2.05, 4.69) is 5.32 Å². The smallest absolute Gasteiger partial charge is 0.0715 e. The fourth-order valence-corrected chi connectivity index (χ4v) is 1.11. The summed E-state index contributed by atoms with van der Waals surface area (Å²) in [5, 5.41) is 20.9. The maximum Gasteiger partial charge on any atom is 0.0715 e. The van der Waals surface area contributed by atoms with Gasteiger partial charge in [0.05, 0.1) is 6.10 Å². The highest BCUT2D eigenvalue weighted by Crippen LogP contribution is 2.10. The quantitative estimate of drug-likeness (QED) is 0.425. The van der Waals surface area contributed by atoms with E-state index >= 15 is 0 Å². The summed E-state index contributed by atoms with van der Waals surface area (Å²) in [7, 11) is 0. The molecule has 0 spiro atoms. The molecule has 3 nitrogen and oxygen atoms in total. The first kappa shape index (κ1) is 6.99. The summed E-state index contributed by atoms with van der Waals surface area (Å²) in [6.45, 7) is 1.66. The molecule has 1 fully saturated rings. The van der Waals surface area contributed by atoms with Crippen LogP contribution in [0.25, 0.3) is 0 Å². The SMILES string of the molecule is OC[C@H]1CCNC[C@@H]1O. The second-order valence-corrected chi connectivity index (χ2v) is 2.50. The number of hydrogen-bond donors (Lipinski definition) is 3. The van der Waals surface area contributed by atoms with Crippen LogP contribution in [0.15, 0.2) is 0 Å². The highest BCUT2D eigenvalue weighted by Gasteiger charge is 2.20. The Morgan fingerprint density at radius 2 is 2.33 bits per heavy atom. The highest BCUT2D eigenvalue weighted by molar-refractivity contribution is 4.75. The van der Waals surface area contributed by atoms with Gasteiger partial charge in [0.2, 0.25) is 0 Å². The van der Waals surface area contributed by atoms with Crippen LogP contribution < -0.4 is 5.32 Å². The van der Waals surface area contributed by atoms with E-state index in [1.807, 2.05) is 0 Å². The molecular formula is C6H13NO2. The van der Waals surface area contributed by atoms with Crippen LogP contribution in [0.2, 0.25) is 0 Å². The predicted molar refractivity (Wildman–Crippen MR) is 34.1 cm³/mol. The van der Waals surface area contributed by atoms with E-state index in [9.17, 15) is 0 Å². The van der Waals surface area contributed by atoms with E-state index in [1.165, 1.54) is 0 Å². The van der Waals surface area contributed by atoms with E-state index in [0.29, 0.717) is 6.54 Å². The molecule has 1 rings (SSSR count). The van der Waals surface area contributed by atoms with Crippen molar-refractivity contribution in [3.8, 4) is 0 Å². The topological polar surface area (TPSA) is 52.5 Å². The highest BCUT2D eigenvalue weighted by atomic mass is 16.3. The fraction of sp³-hybridized carbons (Fsp3) is 1.00. The third kappa shape index (κ3) is 1.64. The number of aliphatic hydroxyl groups excluding tert-OH is 2. The summed E-state index contributed by atoms with van der Waals surface area (Å²) in [6.07, 6.45) is 0.543. The van der Waals surface area contributed by atoms with Crippen molar-refractivity contribution in [2.45, 2.75) is 12.5 Å². The predicted octanol–water partition coefficient (Wildman–Crippen LogP) is -1.05. The van der Waals surface area contributed by atoms with Crippen molar-refractivity contribution >= 4 is 0 Å². The molecule has 0 aromatic rings. The van der Waals surface area contributed by atoms with Gasteiger partial charge < -0.3 is 15.5 Å². The van der Waals surface area contributed by atoms with Crippen LogP contribution in [0.5, 0.6) is 0 Å². The van der Waals surface area contributed by atoms with E-state index in [0.717, 1.165) is 13.0 Å². The minimum absolute atomic E-state index is 0.103. The van der Waals surface area contributed by atoms with Crippen molar-refractivity contribution < 1.29 is 10.2 Å². The van der Waals surface area contributed by atoms with Gasteiger partial charge in [0.15, 0.2) is 0 Å². The van der Waals surface area contributed by atoms with Crippen LogP contribution in [0, 0.1) is 5.92 Å². The van der Waals surface area contributed by atoms with Gasteiger partial charge in [-0.1, -0.05) is 0 Å². The molecule has 0 aliphatic carbocycles. The third-order valence-corrected chi connectivity index (χ3v) is 1.82. The van der Waals surface area contributed by atoms with Gasteiger partial charge in [0.25, 0.3) is 0 Å². The Kier molecular flexibility index (Phi) is 2.45. The number of β-amino-alcohol motifs (C(OH)–C–C–N with tert-alkyl or cyclic N) is 1. The summed E-state index contributed by atoms with van der Waals surface area (Å²) in [5.41, 5.74) is 0. The second-order valence-electron chi connectivity index (χ2n) is 2.50. The molecule has 1 saturated heterocycles. The van der Waals surface area contributed by atoms with Crippen LogP contribution in [-0.4, -0.2) is 36.0 Å². The lowest BCUT2D eigenvalue weighted by atomic mass is 9.96. The lowest BCUT2D eigenvalue weighted by Gasteiger charge is -2.26. The second kappa shape index (κ2) is 3.15. The molecule has 0 aromatic heterocycles. The van der Waals surface area contributed by atoms with Crippen molar-refractivity contribution in [3.63, 3.8) is 0 Å². The maximum atomic E-state index is 9.15. The molecule has 1 aliphatic rings. The molecule has 0 saturated carbocycles. The monoisotopic (exact) mass is 131 g/mol. The number of piperidine rings is 1. The summed E-state index contributed by atoms with van der Waals surface area (Å²) in [4.78, 5) is 0. The molecule has 54 valence electrons. The lowest BCUT2D eigenvalue weighted by molar-refractivity contribution is 0.0460. The zero-order chi connectivity index (χ0) is 6.69. The van der Waals surface area contributed by atoms with Gasteiger partial charge in [-0.3, -0.25) is 0 Å². The molecule has 0 unspecified atom stereocenters. The zero-order valence-corrected chi connectivity index (χ0v) is 5.38. The lowest BCUT2D eigenvalue weighted by Crippen LogP contribution is -2.41. The zero-order valence-electron chi connectivity index (χ0n) is 5.38. The van der Waals surface area contributed by atoms with Crippen LogP contribution >= 0.6 is 0 Å². The molecule has 1 aliphatic heterocycles. The molecule has 3 N–H and O–H groups in total. The maximum absolute atomic E-state index is 9.15. The van der Waals surface area contributed by atoms with Crippen molar-refractivity contribution in [2.24, 2.45) is 5.92 Å². The Morgan fingerprint density at radius 3 is 2.78 bits per heavy atom. The van der Waals surface area contributed by atoms with Gasteiger partial charge in [-0.05, 0) is 13.0 Å². The van der Waals surface area contributed by atoms with Gasteiger partial charge in [0.1, 0.15) is 0 Å². The standard InChI is InChI=1S/C6H13NO2/c8-4-5-1-2-7-3-6(5)9/h5-9H,1-4H2/t5-,6+/m1/s1. The molecule has 9 heavy (non-hydrogen) atoms. The van der Waals surface area contributed by atoms with E-state index in [-0.39, 0.29) is 18.6 Å². The molecule has 0 aromatic carbocycles. The molecule has 0 bridgehead atoms. The van der Waals surface area contributed by atoms with Gasteiger partial charge in [-0.25, -0.2) is 0 Å². The molecule has 0 amide bonds. The first-order valence-electron chi connectivity index (χ1n) is 3.34. The first-order valence-corrected chi connectivity index (χ1v) is 3.34. The Bertz CT molecular complexity index is 87.1. The van der Waals surface area contributed by atoms with Gasteiger partial charge >= 0.3 is 0 Å². The number of nitrogens with one attached hydrogen (secondary N) is 1. The average molecular weight is 131 g/mol. The fourth-order valence-electron chi connectivity index (χ4n) is 1.11.